The topological polar surface area (TPSA) is 9.23 Å². The summed E-state index contributed by atoms with van der Waals surface area (Å²) >= 11 is 0. The lowest BCUT2D eigenvalue weighted by atomic mass is 10.1. The minimum atomic E-state index is 0.739. The molecule has 0 aromatic heterocycles. The molecule has 0 N–H and O–H groups in total. The lowest BCUT2D eigenvalue weighted by Crippen LogP contribution is -2.41. The molecule has 0 saturated carbocycles. The summed E-state index contributed by atoms with van der Waals surface area (Å²) in [6.07, 6.45) is 0. The first-order valence-corrected chi connectivity index (χ1v) is 7.11. The summed E-state index contributed by atoms with van der Waals surface area (Å²) in [7, 11) is 4.49. The first-order valence-electron chi connectivity index (χ1n) is 7.11. The Kier molecular flexibility index (Phi) is 4.80. The second-order valence-corrected chi connectivity index (χ2v) is 5.96. The van der Waals surface area contributed by atoms with Crippen LogP contribution < -0.4 is 4.74 Å². The van der Waals surface area contributed by atoms with Gasteiger partial charge in [-0.25, -0.2) is 0 Å². The molecule has 0 unspecified atom stereocenters. The van der Waals surface area contributed by atoms with Crippen molar-refractivity contribution in [1.82, 2.24) is 0 Å². The quantitative estimate of drug-likeness (QED) is 0.728. The van der Waals surface area contributed by atoms with Gasteiger partial charge in [-0.15, -0.1) is 0 Å². The van der Waals surface area contributed by atoms with Crippen molar-refractivity contribution < 1.29 is 9.22 Å². The van der Waals surface area contributed by atoms with Gasteiger partial charge >= 0.3 is 0 Å². The van der Waals surface area contributed by atoms with Gasteiger partial charge in [0.25, 0.3) is 0 Å². The number of para-hydroxylation sites is 1. The predicted octanol–water partition coefficient (Wildman–Crippen LogP) is 3.65. The molecular formula is C18H24NO+. The molecule has 2 aromatic carbocycles. The average Bonchev–Trinajstić information content (AvgIpc) is 2.42. The molecule has 2 heteroatoms. The highest BCUT2D eigenvalue weighted by atomic mass is 16.5. The van der Waals surface area contributed by atoms with E-state index in [4.69, 9.17) is 4.74 Å². The van der Waals surface area contributed by atoms with Gasteiger partial charge in [-0.2, -0.15) is 0 Å². The highest BCUT2D eigenvalue weighted by molar-refractivity contribution is 5.21. The fourth-order valence-corrected chi connectivity index (χ4v) is 2.19. The molecule has 2 aromatic rings. The molecule has 0 fully saturated rings. The molecule has 0 bridgehead atoms. The van der Waals surface area contributed by atoms with E-state index in [2.05, 4.69) is 45.3 Å². The van der Waals surface area contributed by atoms with Gasteiger partial charge in [-0.1, -0.05) is 48.0 Å². The van der Waals surface area contributed by atoms with Crippen molar-refractivity contribution in [2.45, 2.75) is 13.5 Å². The number of likely N-dealkylation sites (N-methyl/N-ethyl adjacent to an activating group) is 1. The van der Waals surface area contributed by atoms with Crippen LogP contribution >= 0.6 is 0 Å². The van der Waals surface area contributed by atoms with Gasteiger partial charge < -0.3 is 9.22 Å². The van der Waals surface area contributed by atoms with Gasteiger partial charge in [0, 0.05) is 5.56 Å². The van der Waals surface area contributed by atoms with Crippen LogP contribution in [0.3, 0.4) is 0 Å². The Labute approximate surface area is 122 Å². The smallest absolute Gasteiger partial charge is 0.137 e. The number of rotatable bonds is 6. The summed E-state index contributed by atoms with van der Waals surface area (Å²) in [6.45, 7) is 4.88. The molecule has 0 saturated heterocycles. The summed E-state index contributed by atoms with van der Waals surface area (Å²) in [4.78, 5) is 0. The molecule has 0 aliphatic carbocycles. The third-order valence-corrected chi connectivity index (χ3v) is 3.44. The minimum absolute atomic E-state index is 0.739. The number of hydrogen-bond donors (Lipinski definition) is 0. The average molecular weight is 270 g/mol. The lowest BCUT2D eigenvalue weighted by molar-refractivity contribution is -0.903. The summed E-state index contributed by atoms with van der Waals surface area (Å²) in [5.74, 6) is 0.947. The van der Waals surface area contributed by atoms with Gasteiger partial charge in [0.2, 0.25) is 0 Å². The van der Waals surface area contributed by atoms with Crippen LogP contribution in [0, 0.1) is 6.92 Å². The third kappa shape index (κ3) is 4.71. The van der Waals surface area contributed by atoms with E-state index < -0.39 is 0 Å². The number of benzene rings is 2. The molecule has 0 aliphatic rings. The fourth-order valence-electron chi connectivity index (χ4n) is 2.19. The van der Waals surface area contributed by atoms with Gasteiger partial charge in [0.1, 0.15) is 25.4 Å². The van der Waals surface area contributed by atoms with Crippen molar-refractivity contribution in [2.75, 3.05) is 27.2 Å². The van der Waals surface area contributed by atoms with Crippen molar-refractivity contribution in [3.63, 3.8) is 0 Å². The maximum Gasteiger partial charge on any atom is 0.137 e. The van der Waals surface area contributed by atoms with Crippen LogP contribution in [-0.2, 0) is 6.54 Å². The first-order chi connectivity index (χ1) is 9.55. The van der Waals surface area contributed by atoms with Crippen molar-refractivity contribution in [2.24, 2.45) is 0 Å². The molecule has 2 nitrogen and oxygen atoms in total. The molecule has 0 heterocycles. The summed E-state index contributed by atoms with van der Waals surface area (Å²) in [5, 5.41) is 0. The van der Waals surface area contributed by atoms with E-state index in [-0.39, 0.29) is 0 Å². The maximum absolute atomic E-state index is 5.78. The van der Waals surface area contributed by atoms with E-state index >= 15 is 0 Å². The highest BCUT2D eigenvalue weighted by Crippen LogP contribution is 2.12. The Morgan fingerprint density at radius 1 is 0.900 bits per heavy atom. The SMILES string of the molecule is Cc1ccc(C[N+](C)(C)CCOc2ccccc2)cc1. The molecular weight excluding hydrogens is 246 g/mol. The van der Waals surface area contributed by atoms with Crippen LogP contribution in [0.2, 0.25) is 0 Å². The Morgan fingerprint density at radius 3 is 2.20 bits per heavy atom. The zero-order valence-electron chi connectivity index (χ0n) is 12.7. The molecule has 20 heavy (non-hydrogen) atoms. The molecule has 0 spiro atoms. The monoisotopic (exact) mass is 270 g/mol. The van der Waals surface area contributed by atoms with E-state index in [0.717, 1.165) is 29.9 Å². The van der Waals surface area contributed by atoms with Gasteiger partial charge in [0.15, 0.2) is 0 Å². The highest BCUT2D eigenvalue weighted by Gasteiger charge is 2.15. The number of aryl methyl sites for hydroxylation is 1. The summed E-state index contributed by atoms with van der Waals surface area (Å²) < 4.78 is 6.71. The number of quaternary nitrogens is 1. The molecule has 0 aliphatic heterocycles. The summed E-state index contributed by atoms with van der Waals surface area (Å²) in [6, 6.07) is 18.8. The van der Waals surface area contributed by atoms with Crippen molar-refractivity contribution >= 4 is 0 Å². The molecule has 2 rings (SSSR count). The standard InChI is InChI=1S/C18H24NO/c1-16-9-11-17(12-10-16)15-19(2,3)13-14-20-18-7-5-4-6-8-18/h4-12H,13-15H2,1-3H3/q+1. The van der Waals surface area contributed by atoms with E-state index in [9.17, 15) is 0 Å². The van der Waals surface area contributed by atoms with Crippen LogP contribution in [-0.4, -0.2) is 31.7 Å². The fraction of sp³-hybridized carbons (Fsp3) is 0.333. The largest absolute Gasteiger partial charge is 0.488 e. The minimum Gasteiger partial charge on any atom is -0.488 e. The van der Waals surface area contributed by atoms with Crippen molar-refractivity contribution in [1.29, 1.82) is 0 Å². The third-order valence-electron chi connectivity index (χ3n) is 3.44. The van der Waals surface area contributed by atoms with Gasteiger partial charge in [0.05, 0.1) is 14.1 Å². The van der Waals surface area contributed by atoms with Crippen LogP contribution in [0.5, 0.6) is 5.75 Å². The molecule has 0 atom stereocenters. The van der Waals surface area contributed by atoms with Crippen LogP contribution in [0.15, 0.2) is 54.6 Å². The van der Waals surface area contributed by atoms with Crippen LogP contribution in [0.25, 0.3) is 0 Å². The van der Waals surface area contributed by atoms with Gasteiger partial charge in [-0.05, 0) is 19.1 Å². The molecule has 106 valence electrons. The number of nitrogens with zero attached hydrogens (tertiary/aromatic N) is 1. The number of ether oxygens (including phenoxy) is 1. The van der Waals surface area contributed by atoms with Crippen molar-refractivity contribution in [3.8, 4) is 5.75 Å². The Bertz CT molecular complexity index is 517. The zero-order valence-corrected chi connectivity index (χ0v) is 12.7. The van der Waals surface area contributed by atoms with Crippen LogP contribution in [0.1, 0.15) is 11.1 Å². The normalized spacial score (nSPS) is 11.3. The Balaban J connectivity index is 1.83. The van der Waals surface area contributed by atoms with E-state index in [1.807, 2.05) is 30.3 Å². The second kappa shape index (κ2) is 6.58. The van der Waals surface area contributed by atoms with E-state index in [0.29, 0.717) is 0 Å². The maximum atomic E-state index is 5.78. The Hall–Kier alpha value is -1.80. The van der Waals surface area contributed by atoms with E-state index in [1.165, 1.54) is 11.1 Å². The zero-order chi connectivity index (χ0) is 14.4. The Morgan fingerprint density at radius 2 is 1.55 bits per heavy atom. The first kappa shape index (κ1) is 14.6. The van der Waals surface area contributed by atoms with Crippen LogP contribution in [0.4, 0.5) is 0 Å². The van der Waals surface area contributed by atoms with Gasteiger partial charge in [-0.3, -0.25) is 0 Å². The van der Waals surface area contributed by atoms with E-state index in [1.54, 1.807) is 0 Å². The van der Waals surface area contributed by atoms with Crippen molar-refractivity contribution in [3.05, 3.63) is 65.7 Å². The second-order valence-electron chi connectivity index (χ2n) is 5.96. The summed E-state index contributed by atoms with van der Waals surface area (Å²) in [5.41, 5.74) is 2.69. The predicted molar refractivity (Wildman–Crippen MR) is 83.8 cm³/mol. The number of hydrogen-bond acceptors (Lipinski definition) is 1. The molecule has 0 amide bonds. The molecule has 0 radical (unpaired) electrons. The lowest BCUT2D eigenvalue weighted by Gasteiger charge is -2.29.